The number of fused-ring (bicyclic) bond motifs is 1. The molecule has 0 atom stereocenters. The highest BCUT2D eigenvalue weighted by molar-refractivity contribution is 6.04. The Labute approximate surface area is 169 Å². The number of amides is 1. The smallest absolute Gasteiger partial charge is 0.325 e. The average Bonchev–Trinajstić information content (AvgIpc) is 3.08. The normalized spacial score (nSPS) is 11.1. The maximum absolute atomic E-state index is 12.5. The quantitative estimate of drug-likeness (QED) is 0.382. The fourth-order valence-corrected chi connectivity index (χ4v) is 3.04. The summed E-state index contributed by atoms with van der Waals surface area (Å²) in [6.07, 6.45) is 3.30. The van der Waals surface area contributed by atoms with Crippen molar-refractivity contribution in [3.8, 4) is 6.07 Å². The topological polar surface area (TPSA) is 84.1 Å². The molecular formula is C23H21N3O3. The molecule has 0 aliphatic rings. The molecule has 6 nitrogen and oxygen atoms in total. The molecule has 0 aliphatic carbocycles. The minimum absolute atomic E-state index is 0.0000288. The van der Waals surface area contributed by atoms with E-state index in [0.29, 0.717) is 18.7 Å². The van der Waals surface area contributed by atoms with Crippen LogP contribution in [0, 0.1) is 11.3 Å². The van der Waals surface area contributed by atoms with Crippen molar-refractivity contribution < 1.29 is 14.3 Å². The summed E-state index contributed by atoms with van der Waals surface area (Å²) in [4.78, 5) is 24.4. The van der Waals surface area contributed by atoms with Gasteiger partial charge in [0.1, 0.15) is 18.2 Å². The Balaban J connectivity index is 1.86. The van der Waals surface area contributed by atoms with Crippen LogP contribution in [0.2, 0.25) is 0 Å². The molecule has 0 radical (unpaired) electrons. The highest BCUT2D eigenvalue weighted by Gasteiger charge is 2.14. The number of nitrogens with zero attached hydrogens (tertiary/aromatic N) is 2. The van der Waals surface area contributed by atoms with Crippen LogP contribution >= 0.6 is 0 Å². The zero-order valence-electron chi connectivity index (χ0n) is 16.1. The Kier molecular flexibility index (Phi) is 6.43. The number of carbonyl (C=O) groups excluding carboxylic acids is 2. The monoisotopic (exact) mass is 387 g/mol. The number of nitriles is 1. The first kappa shape index (κ1) is 19.9. The van der Waals surface area contributed by atoms with Crippen LogP contribution in [0.25, 0.3) is 17.0 Å². The van der Waals surface area contributed by atoms with Gasteiger partial charge in [-0.1, -0.05) is 48.5 Å². The van der Waals surface area contributed by atoms with Crippen LogP contribution in [-0.4, -0.2) is 23.1 Å². The lowest BCUT2D eigenvalue weighted by atomic mass is 10.1. The van der Waals surface area contributed by atoms with Gasteiger partial charge in [-0.15, -0.1) is 0 Å². The number of carbonyl (C=O) groups is 2. The molecular weight excluding hydrogens is 366 g/mol. The number of hydrogen-bond donors (Lipinski definition) is 1. The highest BCUT2D eigenvalue weighted by atomic mass is 16.5. The molecule has 0 saturated carbocycles. The van der Waals surface area contributed by atoms with E-state index in [2.05, 4.69) is 5.32 Å². The van der Waals surface area contributed by atoms with Gasteiger partial charge in [0.15, 0.2) is 0 Å². The number of ether oxygens (including phenoxy) is 1. The summed E-state index contributed by atoms with van der Waals surface area (Å²) in [5, 5.41) is 13.1. The summed E-state index contributed by atoms with van der Waals surface area (Å²) < 4.78 is 6.79. The maximum Gasteiger partial charge on any atom is 0.325 e. The molecule has 0 aliphatic heterocycles. The SMILES string of the molecule is CCOC(=O)Cn1cc(/C=C(/C#N)C(=O)NCc2ccccc2)c2ccccc21. The van der Waals surface area contributed by atoms with Crippen molar-refractivity contribution in [2.75, 3.05) is 6.61 Å². The summed E-state index contributed by atoms with van der Waals surface area (Å²) in [6.45, 7) is 2.46. The van der Waals surface area contributed by atoms with E-state index in [1.54, 1.807) is 23.8 Å². The summed E-state index contributed by atoms with van der Waals surface area (Å²) in [5.74, 6) is -0.788. The number of aromatic nitrogens is 1. The highest BCUT2D eigenvalue weighted by Crippen LogP contribution is 2.23. The minimum atomic E-state index is -0.446. The predicted molar refractivity (Wildman–Crippen MR) is 110 cm³/mol. The van der Waals surface area contributed by atoms with Gasteiger partial charge in [-0.3, -0.25) is 9.59 Å². The lowest BCUT2D eigenvalue weighted by Crippen LogP contribution is -2.23. The van der Waals surface area contributed by atoms with E-state index in [1.807, 2.05) is 60.7 Å². The summed E-state index contributed by atoms with van der Waals surface area (Å²) in [5.41, 5.74) is 2.47. The Morgan fingerprint density at radius 3 is 2.59 bits per heavy atom. The van der Waals surface area contributed by atoms with Gasteiger partial charge in [0.25, 0.3) is 5.91 Å². The summed E-state index contributed by atoms with van der Waals surface area (Å²) in [7, 11) is 0. The largest absolute Gasteiger partial charge is 0.465 e. The third-order valence-corrected chi connectivity index (χ3v) is 4.38. The van der Waals surface area contributed by atoms with Gasteiger partial charge in [0.05, 0.1) is 6.61 Å². The van der Waals surface area contributed by atoms with Crippen molar-refractivity contribution in [3.05, 3.63) is 77.5 Å². The van der Waals surface area contributed by atoms with Crippen LogP contribution in [0.15, 0.2) is 66.4 Å². The number of benzene rings is 2. The summed E-state index contributed by atoms with van der Waals surface area (Å²) >= 11 is 0. The van der Waals surface area contributed by atoms with Crippen molar-refractivity contribution in [2.24, 2.45) is 0 Å². The molecule has 3 aromatic rings. The number of para-hydroxylation sites is 1. The maximum atomic E-state index is 12.5. The Bertz CT molecular complexity index is 1090. The van der Waals surface area contributed by atoms with E-state index < -0.39 is 5.91 Å². The first-order valence-corrected chi connectivity index (χ1v) is 9.29. The molecule has 2 aromatic carbocycles. The predicted octanol–water partition coefficient (Wildman–Crippen LogP) is 3.43. The standard InChI is InChI=1S/C23H21N3O3/c1-2-29-22(27)16-26-15-19(20-10-6-7-11-21(20)26)12-18(13-24)23(28)25-14-17-8-4-3-5-9-17/h3-12,15H,2,14,16H2,1H3,(H,25,28)/b18-12-. The molecule has 1 heterocycles. The van der Waals surface area contributed by atoms with Crippen LogP contribution in [-0.2, 0) is 27.4 Å². The van der Waals surface area contributed by atoms with Crippen LogP contribution in [0.5, 0.6) is 0 Å². The van der Waals surface area contributed by atoms with E-state index in [0.717, 1.165) is 16.5 Å². The van der Waals surface area contributed by atoms with Crippen molar-refractivity contribution in [3.63, 3.8) is 0 Å². The Hall–Kier alpha value is -3.85. The van der Waals surface area contributed by atoms with Crippen molar-refractivity contribution >= 4 is 28.9 Å². The molecule has 0 saturated heterocycles. The molecule has 0 unspecified atom stereocenters. The van der Waals surface area contributed by atoms with Crippen LogP contribution in [0.1, 0.15) is 18.1 Å². The van der Waals surface area contributed by atoms with Crippen molar-refractivity contribution in [2.45, 2.75) is 20.0 Å². The van der Waals surface area contributed by atoms with Gasteiger partial charge in [-0.05, 0) is 24.6 Å². The van der Waals surface area contributed by atoms with Crippen LogP contribution in [0.3, 0.4) is 0 Å². The van der Waals surface area contributed by atoms with Crippen molar-refractivity contribution in [1.29, 1.82) is 5.26 Å². The first-order chi connectivity index (χ1) is 14.1. The number of rotatable bonds is 7. The van der Waals surface area contributed by atoms with E-state index in [9.17, 15) is 14.9 Å². The van der Waals surface area contributed by atoms with E-state index >= 15 is 0 Å². The van der Waals surface area contributed by atoms with Gasteiger partial charge in [-0.25, -0.2) is 0 Å². The molecule has 1 aromatic heterocycles. The molecule has 146 valence electrons. The molecule has 1 amide bonds. The Morgan fingerprint density at radius 2 is 1.86 bits per heavy atom. The lowest BCUT2D eigenvalue weighted by molar-refractivity contribution is -0.143. The van der Waals surface area contributed by atoms with E-state index in [1.165, 1.54) is 0 Å². The second-order valence-electron chi connectivity index (χ2n) is 6.37. The summed E-state index contributed by atoms with van der Waals surface area (Å²) in [6, 6.07) is 19.0. The third-order valence-electron chi connectivity index (χ3n) is 4.38. The fraction of sp³-hybridized carbons (Fsp3) is 0.174. The van der Waals surface area contributed by atoms with Crippen LogP contribution < -0.4 is 5.32 Å². The second kappa shape index (κ2) is 9.38. The van der Waals surface area contributed by atoms with E-state index in [-0.39, 0.29) is 18.1 Å². The molecule has 0 bridgehead atoms. The fourth-order valence-electron chi connectivity index (χ4n) is 3.04. The first-order valence-electron chi connectivity index (χ1n) is 9.29. The van der Waals surface area contributed by atoms with Gasteiger partial charge in [0.2, 0.25) is 0 Å². The molecule has 0 fully saturated rings. The molecule has 1 N–H and O–H groups in total. The number of esters is 1. The number of nitrogens with one attached hydrogen (secondary N) is 1. The minimum Gasteiger partial charge on any atom is -0.465 e. The molecule has 6 heteroatoms. The molecule has 0 spiro atoms. The lowest BCUT2D eigenvalue weighted by Gasteiger charge is -2.04. The Morgan fingerprint density at radius 1 is 1.14 bits per heavy atom. The molecule has 29 heavy (non-hydrogen) atoms. The second-order valence-corrected chi connectivity index (χ2v) is 6.37. The zero-order chi connectivity index (χ0) is 20.6. The van der Waals surface area contributed by atoms with Crippen LogP contribution in [0.4, 0.5) is 0 Å². The van der Waals surface area contributed by atoms with Gasteiger partial charge >= 0.3 is 5.97 Å². The number of hydrogen-bond acceptors (Lipinski definition) is 4. The third kappa shape index (κ3) is 4.90. The average molecular weight is 387 g/mol. The van der Waals surface area contributed by atoms with Gasteiger partial charge < -0.3 is 14.6 Å². The van der Waals surface area contributed by atoms with E-state index in [4.69, 9.17) is 4.74 Å². The van der Waals surface area contributed by atoms with Gasteiger partial charge in [-0.2, -0.15) is 5.26 Å². The zero-order valence-corrected chi connectivity index (χ0v) is 16.1. The van der Waals surface area contributed by atoms with Crippen molar-refractivity contribution in [1.82, 2.24) is 9.88 Å². The molecule has 3 rings (SSSR count). The van der Waals surface area contributed by atoms with Gasteiger partial charge in [0, 0.05) is 29.2 Å².